The van der Waals surface area contributed by atoms with Gasteiger partial charge in [0.2, 0.25) is 15.9 Å². The Morgan fingerprint density at radius 1 is 1.26 bits per heavy atom. The Labute approximate surface area is 111 Å². The molecule has 0 heterocycles. The summed E-state index contributed by atoms with van der Waals surface area (Å²) in [6.45, 7) is 0.168. The van der Waals surface area contributed by atoms with E-state index in [1.807, 2.05) is 0 Å². The molecule has 108 valence electrons. The zero-order valence-electron chi connectivity index (χ0n) is 10.4. The maximum absolute atomic E-state index is 11.8. The lowest BCUT2D eigenvalue weighted by atomic mass is 9.82. The van der Waals surface area contributed by atoms with Crippen LogP contribution in [0.4, 0.5) is 0 Å². The smallest absolute Gasteiger partial charge is 0.307 e. The lowest BCUT2D eigenvalue weighted by Crippen LogP contribution is -2.39. The van der Waals surface area contributed by atoms with Crippen molar-refractivity contribution in [1.82, 2.24) is 5.32 Å². The summed E-state index contributed by atoms with van der Waals surface area (Å²) in [6.07, 6.45) is 4.48. The normalized spacial score (nSPS) is 23.0. The Hall–Kier alpha value is -1.41. The van der Waals surface area contributed by atoms with Gasteiger partial charge in [-0.15, -0.1) is 0 Å². The van der Waals surface area contributed by atoms with Gasteiger partial charge in [0, 0.05) is 6.54 Å². The first-order chi connectivity index (χ1) is 8.81. The number of hydrogen-bond donors (Lipinski definition) is 3. The molecule has 0 radical (unpaired) electrons. The second-order valence-electron chi connectivity index (χ2n) is 4.51. The summed E-state index contributed by atoms with van der Waals surface area (Å²) < 4.78 is 21.4. The van der Waals surface area contributed by atoms with Crippen molar-refractivity contribution in [3.63, 3.8) is 0 Å². The van der Waals surface area contributed by atoms with Crippen LogP contribution in [0.2, 0.25) is 0 Å². The van der Waals surface area contributed by atoms with Crippen molar-refractivity contribution in [1.29, 1.82) is 0 Å². The van der Waals surface area contributed by atoms with Crippen molar-refractivity contribution in [2.24, 2.45) is 17.0 Å². The Morgan fingerprint density at radius 2 is 1.84 bits per heavy atom. The molecule has 1 rings (SSSR count). The molecule has 0 spiro atoms. The number of carboxylic acids is 1. The van der Waals surface area contributed by atoms with Gasteiger partial charge in [-0.1, -0.05) is 12.2 Å². The molecule has 1 amide bonds. The Bertz CT molecular complexity index is 471. The lowest BCUT2D eigenvalue weighted by Gasteiger charge is -2.24. The van der Waals surface area contributed by atoms with Crippen LogP contribution in [0.25, 0.3) is 0 Å². The minimum absolute atomic E-state index is 0.168. The van der Waals surface area contributed by atoms with E-state index in [9.17, 15) is 18.0 Å². The summed E-state index contributed by atoms with van der Waals surface area (Å²) in [5.41, 5.74) is 0. The number of carbonyl (C=O) groups excluding carboxylic acids is 1. The van der Waals surface area contributed by atoms with Crippen LogP contribution in [0.15, 0.2) is 12.2 Å². The van der Waals surface area contributed by atoms with Crippen molar-refractivity contribution in [2.75, 3.05) is 12.3 Å². The van der Waals surface area contributed by atoms with E-state index in [2.05, 4.69) is 5.32 Å². The largest absolute Gasteiger partial charge is 0.481 e. The molecule has 2 unspecified atom stereocenters. The number of primary sulfonamides is 1. The van der Waals surface area contributed by atoms with Gasteiger partial charge >= 0.3 is 5.97 Å². The van der Waals surface area contributed by atoms with Gasteiger partial charge in [0.05, 0.1) is 17.6 Å². The number of rotatable bonds is 6. The number of carbonyl (C=O) groups is 2. The quantitative estimate of drug-likeness (QED) is 0.447. The molecule has 7 nitrogen and oxygen atoms in total. The van der Waals surface area contributed by atoms with Gasteiger partial charge in [0.25, 0.3) is 0 Å². The van der Waals surface area contributed by atoms with E-state index in [4.69, 9.17) is 10.2 Å². The maximum atomic E-state index is 11.8. The number of allylic oxidation sites excluding steroid dienone is 2. The van der Waals surface area contributed by atoms with Crippen molar-refractivity contribution >= 4 is 21.9 Å². The molecule has 0 saturated heterocycles. The molecule has 0 aliphatic heterocycles. The number of nitrogens with two attached hydrogens (primary N) is 1. The van der Waals surface area contributed by atoms with Gasteiger partial charge in [0.1, 0.15) is 0 Å². The molecule has 8 heteroatoms. The van der Waals surface area contributed by atoms with Crippen LogP contribution in [-0.2, 0) is 19.6 Å². The zero-order valence-corrected chi connectivity index (χ0v) is 11.2. The monoisotopic (exact) mass is 290 g/mol. The van der Waals surface area contributed by atoms with Crippen LogP contribution in [0.5, 0.6) is 0 Å². The highest BCUT2D eigenvalue weighted by Crippen LogP contribution is 2.25. The van der Waals surface area contributed by atoms with E-state index in [0.29, 0.717) is 12.8 Å². The van der Waals surface area contributed by atoms with E-state index >= 15 is 0 Å². The second kappa shape index (κ2) is 6.67. The summed E-state index contributed by atoms with van der Waals surface area (Å²) >= 11 is 0. The molecule has 2 atom stereocenters. The predicted molar refractivity (Wildman–Crippen MR) is 68.6 cm³/mol. The molecular weight excluding hydrogens is 272 g/mol. The van der Waals surface area contributed by atoms with Gasteiger partial charge in [-0.2, -0.15) is 0 Å². The van der Waals surface area contributed by atoms with E-state index < -0.39 is 27.8 Å². The molecule has 0 fully saturated rings. The first-order valence-electron chi connectivity index (χ1n) is 5.97. The highest BCUT2D eigenvalue weighted by molar-refractivity contribution is 7.89. The SMILES string of the molecule is NS(=O)(=O)CCCNC(=O)C1CC=CCC1C(=O)O. The van der Waals surface area contributed by atoms with Crippen LogP contribution >= 0.6 is 0 Å². The summed E-state index contributed by atoms with van der Waals surface area (Å²) in [7, 11) is -3.53. The van der Waals surface area contributed by atoms with E-state index in [-0.39, 0.29) is 24.6 Å². The van der Waals surface area contributed by atoms with E-state index in [1.54, 1.807) is 12.2 Å². The van der Waals surface area contributed by atoms with Crippen molar-refractivity contribution < 1.29 is 23.1 Å². The Morgan fingerprint density at radius 3 is 2.37 bits per heavy atom. The fourth-order valence-corrected chi connectivity index (χ4v) is 2.54. The van der Waals surface area contributed by atoms with E-state index in [1.165, 1.54) is 0 Å². The number of carboxylic acid groups (broad SMARTS) is 1. The summed E-state index contributed by atoms with van der Waals surface area (Å²) in [4.78, 5) is 22.9. The second-order valence-corrected chi connectivity index (χ2v) is 6.24. The third-order valence-electron chi connectivity index (χ3n) is 2.99. The first-order valence-corrected chi connectivity index (χ1v) is 7.69. The Balaban J connectivity index is 2.44. The highest BCUT2D eigenvalue weighted by Gasteiger charge is 2.33. The molecule has 1 aliphatic carbocycles. The molecule has 19 heavy (non-hydrogen) atoms. The molecule has 0 saturated carbocycles. The summed E-state index contributed by atoms with van der Waals surface area (Å²) in [6, 6.07) is 0. The highest BCUT2D eigenvalue weighted by atomic mass is 32.2. The average molecular weight is 290 g/mol. The fourth-order valence-electron chi connectivity index (χ4n) is 1.99. The zero-order chi connectivity index (χ0) is 14.5. The van der Waals surface area contributed by atoms with Crippen LogP contribution in [0.1, 0.15) is 19.3 Å². The average Bonchev–Trinajstić information content (AvgIpc) is 2.33. The molecule has 1 aliphatic rings. The first kappa shape index (κ1) is 15.6. The standard InChI is InChI=1S/C11H18N2O5S/c12-19(17,18)7-3-6-13-10(14)8-4-1-2-5-9(8)11(15)16/h1-2,8-9H,3-7H2,(H,13,14)(H,15,16)(H2,12,17,18). The van der Waals surface area contributed by atoms with Gasteiger partial charge < -0.3 is 10.4 Å². The maximum Gasteiger partial charge on any atom is 0.307 e. The van der Waals surface area contributed by atoms with Gasteiger partial charge in [-0.05, 0) is 19.3 Å². The lowest BCUT2D eigenvalue weighted by molar-refractivity contribution is -0.147. The number of aliphatic carboxylic acids is 1. The summed E-state index contributed by atoms with van der Waals surface area (Å²) in [5, 5.41) is 16.4. The van der Waals surface area contributed by atoms with Gasteiger partial charge in [-0.3, -0.25) is 9.59 Å². The number of nitrogens with one attached hydrogen (secondary N) is 1. The Kier molecular flexibility index (Phi) is 5.49. The van der Waals surface area contributed by atoms with Crippen LogP contribution in [0.3, 0.4) is 0 Å². The molecule has 0 bridgehead atoms. The number of hydrogen-bond acceptors (Lipinski definition) is 4. The topological polar surface area (TPSA) is 127 Å². The minimum atomic E-state index is -3.53. The molecular formula is C11H18N2O5S. The molecule has 4 N–H and O–H groups in total. The minimum Gasteiger partial charge on any atom is -0.481 e. The molecule has 0 aromatic heterocycles. The van der Waals surface area contributed by atoms with E-state index in [0.717, 1.165) is 0 Å². The van der Waals surface area contributed by atoms with Crippen molar-refractivity contribution in [3.05, 3.63) is 12.2 Å². The van der Waals surface area contributed by atoms with Crippen molar-refractivity contribution in [2.45, 2.75) is 19.3 Å². The summed E-state index contributed by atoms with van der Waals surface area (Å²) in [5.74, 6) is -2.87. The molecule has 0 aromatic rings. The van der Waals surface area contributed by atoms with Crippen LogP contribution in [-0.4, -0.2) is 37.7 Å². The number of sulfonamides is 1. The molecule has 0 aromatic carbocycles. The number of amides is 1. The third kappa shape index (κ3) is 5.39. The van der Waals surface area contributed by atoms with Gasteiger partial charge in [0.15, 0.2) is 0 Å². The fraction of sp³-hybridized carbons (Fsp3) is 0.636. The predicted octanol–water partition coefficient (Wildman–Crippen LogP) is -0.552. The third-order valence-corrected chi connectivity index (χ3v) is 3.85. The van der Waals surface area contributed by atoms with Gasteiger partial charge in [-0.25, -0.2) is 13.6 Å². The van der Waals surface area contributed by atoms with Crippen LogP contribution < -0.4 is 10.5 Å². The van der Waals surface area contributed by atoms with Crippen LogP contribution in [0, 0.1) is 11.8 Å². The van der Waals surface area contributed by atoms with Crippen molar-refractivity contribution in [3.8, 4) is 0 Å².